The molecule has 0 radical (unpaired) electrons. The fraction of sp³-hybridized carbons (Fsp3) is 0.0909. The van der Waals surface area contributed by atoms with Crippen LogP contribution >= 0.6 is 43.5 Å². The van der Waals surface area contributed by atoms with Gasteiger partial charge < -0.3 is 13.9 Å². The van der Waals surface area contributed by atoms with Crippen molar-refractivity contribution in [1.29, 1.82) is 5.26 Å². The Labute approximate surface area is 273 Å². The van der Waals surface area contributed by atoms with Crippen LogP contribution in [0.1, 0.15) is 23.6 Å². The molecule has 2 aromatic heterocycles. The SMILES string of the molecule is CCOc1cc(C=Nn2c(-c3cc4cc(Br)ccc4o3)nc3ccccc3c2=O)c(Br)c(Cl)c1OCc1ccccc1C#N. The molecule has 0 N–H and O–H groups in total. The highest BCUT2D eigenvalue weighted by atomic mass is 79.9. The molecule has 44 heavy (non-hydrogen) atoms. The van der Waals surface area contributed by atoms with E-state index in [2.05, 4.69) is 43.0 Å². The smallest absolute Gasteiger partial charge is 0.282 e. The van der Waals surface area contributed by atoms with Gasteiger partial charge in [-0.3, -0.25) is 4.79 Å². The van der Waals surface area contributed by atoms with E-state index in [4.69, 9.17) is 30.5 Å². The Balaban J connectivity index is 1.44. The Morgan fingerprint density at radius 1 is 1.07 bits per heavy atom. The summed E-state index contributed by atoms with van der Waals surface area (Å²) >= 11 is 13.8. The van der Waals surface area contributed by atoms with Crippen molar-refractivity contribution in [2.45, 2.75) is 13.5 Å². The van der Waals surface area contributed by atoms with Crippen molar-refractivity contribution < 1.29 is 13.9 Å². The Kier molecular flexibility index (Phi) is 8.53. The van der Waals surface area contributed by atoms with Gasteiger partial charge in [-0.1, -0.05) is 57.9 Å². The normalized spacial score (nSPS) is 11.3. The van der Waals surface area contributed by atoms with E-state index < -0.39 is 0 Å². The minimum Gasteiger partial charge on any atom is -0.490 e. The predicted octanol–water partition coefficient (Wildman–Crippen LogP) is 8.72. The molecule has 6 aromatic rings. The first-order valence-electron chi connectivity index (χ1n) is 13.4. The molecule has 11 heteroatoms. The van der Waals surface area contributed by atoms with E-state index in [1.165, 1.54) is 10.9 Å². The van der Waals surface area contributed by atoms with E-state index in [9.17, 15) is 10.1 Å². The zero-order valence-corrected chi connectivity index (χ0v) is 27.0. The summed E-state index contributed by atoms with van der Waals surface area (Å²) < 4.78 is 20.6. The molecule has 6 rings (SSSR count). The lowest BCUT2D eigenvalue weighted by Crippen LogP contribution is -2.20. The maximum atomic E-state index is 13.7. The number of halogens is 3. The van der Waals surface area contributed by atoms with Gasteiger partial charge in [0.05, 0.1) is 35.4 Å². The van der Waals surface area contributed by atoms with Crippen LogP contribution in [0.2, 0.25) is 5.02 Å². The topological polar surface area (TPSA) is 103 Å². The van der Waals surface area contributed by atoms with Crippen LogP contribution < -0.4 is 15.0 Å². The summed E-state index contributed by atoms with van der Waals surface area (Å²) in [4.78, 5) is 18.5. The molecular formula is C33H21Br2ClN4O4. The Morgan fingerprint density at radius 2 is 1.86 bits per heavy atom. The van der Waals surface area contributed by atoms with Gasteiger partial charge in [0.2, 0.25) is 5.82 Å². The van der Waals surface area contributed by atoms with E-state index >= 15 is 0 Å². The molecule has 0 atom stereocenters. The molecule has 0 amide bonds. The molecule has 0 fully saturated rings. The van der Waals surface area contributed by atoms with Gasteiger partial charge in [-0.05, 0) is 71.4 Å². The van der Waals surface area contributed by atoms with Crippen molar-refractivity contribution in [2.75, 3.05) is 6.61 Å². The molecule has 0 spiro atoms. The van der Waals surface area contributed by atoms with Gasteiger partial charge in [-0.15, -0.1) is 0 Å². The Morgan fingerprint density at radius 3 is 2.68 bits per heavy atom. The van der Waals surface area contributed by atoms with Gasteiger partial charge in [0.15, 0.2) is 17.3 Å². The largest absolute Gasteiger partial charge is 0.490 e. The van der Waals surface area contributed by atoms with Crippen LogP contribution in [0.5, 0.6) is 11.5 Å². The number of nitrogens with zero attached hydrogens (tertiary/aromatic N) is 4. The van der Waals surface area contributed by atoms with E-state index in [1.54, 1.807) is 36.4 Å². The van der Waals surface area contributed by atoms with Crippen LogP contribution in [-0.4, -0.2) is 22.5 Å². The third-order valence-electron chi connectivity index (χ3n) is 6.73. The van der Waals surface area contributed by atoms with Crippen molar-refractivity contribution in [2.24, 2.45) is 5.10 Å². The summed E-state index contributed by atoms with van der Waals surface area (Å²) in [5.74, 6) is 1.31. The molecule has 0 bridgehead atoms. The highest BCUT2D eigenvalue weighted by Gasteiger charge is 2.20. The first kappa shape index (κ1) is 29.6. The number of ether oxygens (including phenoxy) is 2. The molecule has 0 aliphatic rings. The molecule has 218 valence electrons. The maximum Gasteiger partial charge on any atom is 0.282 e. The number of rotatable bonds is 8. The monoisotopic (exact) mass is 730 g/mol. The fourth-order valence-corrected chi connectivity index (χ4v) is 5.67. The lowest BCUT2D eigenvalue weighted by atomic mass is 10.1. The zero-order chi connectivity index (χ0) is 30.8. The molecule has 8 nitrogen and oxygen atoms in total. The third-order valence-corrected chi connectivity index (χ3v) is 8.67. The number of hydrogen-bond acceptors (Lipinski definition) is 7. The van der Waals surface area contributed by atoms with Gasteiger partial charge in [0.25, 0.3) is 5.56 Å². The third kappa shape index (κ3) is 5.74. The summed E-state index contributed by atoms with van der Waals surface area (Å²) in [7, 11) is 0. The summed E-state index contributed by atoms with van der Waals surface area (Å²) in [5, 5.41) is 15.5. The van der Waals surface area contributed by atoms with Crippen molar-refractivity contribution >= 4 is 71.5 Å². The number of hydrogen-bond donors (Lipinski definition) is 0. The predicted molar refractivity (Wildman–Crippen MR) is 178 cm³/mol. The quantitative estimate of drug-likeness (QED) is 0.145. The van der Waals surface area contributed by atoms with Crippen molar-refractivity contribution in [3.05, 3.63) is 120 Å². The molecule has 0 saturated carbocycles. The molecule has 0 saturated heterocycles. The van der Waals surface area contributed by atoms with Gasteiger partial charge in [-0.2, -0.15) is 15.0 Å². The number of benzene rings is 4. The van der Waals surface area contributed by atoms with Crippen LogP contribution in [-0.2, 0) is 6.61 Å². The first-order chi connectivity index (χ1) is 21.4. The first-order valence-corrected chi connectivity index (χ1v) is 15.4. The average Bonchev–Trinajstić information content (AvgIpc) is 3.46. The summed E-state index contributed by atoms with van der Waals surface area (Å²) in [6, 6.07) is 25.6. The van der Waals surface area contributed by atoms with Crippen LogP contribution in [0.4, 0.5) is 0 Å². The standard InChI is InChI=1S/C33H21Br2ClN4O4/c1-2-42-27-15-22(29(35)30(36)31(27)43-18-20-8-4-3-7-19(20)16-37)17-38-40-32(39-25-10-6-5-9-24(25)33(40)41)28-14-21-13-23(34)11-12-26(21)44-28/h3-15,17H,2,18H2,1H3. The summed E-state index contributed by atoms with van der Waals surface area (Å²) in [6.45, 7) is 2.30. The van der Waals surface area contributed by atoms with Crippen LogP contribution in [0.15, 0.2) is 102 Å². The van der Waals surface area contributed by atoms with Crippen LogP contribution in [0.25, 0.3) is 33.5 Å². The lowest BCUT2D eigenvalue weighted by Gasteiger charge is -2.16. The molecule has 2 heterocycles. The van der Waals surface area contributed by atoms with Crippen LogP contribution in [0.3, 0.4) is 0 Å². The van der Waals surface area contributed by atoms with Gasteiger partial charge >= 0.3 is 0 Å². The van der Waals surface area contributed by atoms with Gasteiger partial charge in [-0.25, -0.2) is 4.98 Å². The molecule has 0 unspecified atom stereocenters. The Hall–Kier alpha value is -4.43. The minimum absolute atomic E-state index is 0.110. The second-order valence-corrected chi connectivity index (χ2v) is 11.6. The van der Waals surface area contributed by atoms with E-state index in [1.807, 2.05) is 49.4 Å². The fourth-order valence-electron chi connectivity index (χ4n) is 4.64. The van der Waals surface area contributed by atoms with Crippen molar-refractivity contribution in [3.8, 4) is 29.2 Å². The minimum atomic E-state index is -0.369. The summed E-state index contributed by atoms with van der Waals surface area (Å²) in [6.07, 6.45) is 1.49. The lowest BCUT2D eigenvalue weighted by molar-refractivity contribution is 0.269. The van der Waals surface area contributed by atoms with Crippen molar-refractivity contribution in [3.63, 3.8) is 0 Å². The number of para-hydroxylation sites is 1. The Bertz CT molecular complexity index is 2190. The molecular weight excluding hydrogens is 712 g/mol. The molecule has 0 aliphatic heterocycles. The number of nitriles is 1. The highest BCUT2D eigenvalue weighted by Crippen LogP contribution is 2.43. The van der Waals surface area contributed by atoms with E-state index in [-0.39, 0.29) is 23.0 Å². The second kappa shape index (κ2) is 12.7. The van der Waals surface area contributed by atoms with E-state index in [0.717, 1.165) is 9.86 Å². The maximum absolute atomic E-state index is 13.7. The zero-order valence-electron chi connectivity index (χ0n) is 23.1. The molecule has 4 aromatic carbocycles. The van der Waals surface area contributed by atoms with E-state index in [0.29, 0.717) is 61.5 Å². The van der Waals surface area contributed by atoms with Gasteiger partial charge in [0, 0.05) is 25.5 Å². The van der Waals surface area contributed by atoms with Crippen LogP contribution in [0, 0.1) is 11.3 Å². The van der Waals surface area contributed by atoms with Crippen molar-refractivity contribution in [1.82, 2.24) is 9.66 Å². The average molecular weight is 733 g/mol. The number of fused-ring (bicyclic) bond motifs is 2. The highest BCUT2D eigenvalue weighted by molar-refractivity contribution is 9.10. The number of furan rings is 1. The molecule has 0 aliphatic carbocycles. The van der Waals surface area contributed by atoms with Gasteiger partial charge in [0.1, 0.15) is 17.2 Å². The number of aromatic nitrogens is 2. The second-order valence-electron chi connectivity index (χ2n) is 9.52. The summed E-state index contributed by atoms with van der Waals surface area (Å²) in [5.41, 5.74) is 2.54.